The van der Waals surface area contributed by atoms with Gasteiger partial charge in [0.15, 0.2) is 0 Å². The molecular weight excluding hydrogens is 484 g/mol. The Kier molecular flexibility index (Phi) is 8.35. The second kappa shape index (κ2) is 9.47. The molecule has 0 saturated heterocycles. The van der Waals surface area contributed by atoms with Crippen LogP contribution in [0.5, 0.6) is 5.75 Å². The summed E-state index contributed by atoms with van der Waals surface area (Å²) in [6, 6.07) is 7.09. The summed E-state index contributed by atoms with van der Waals surface area (Å²) in [5, 5.41) is 0. The Morgan fingerprint density at radius 2 is 1.91 bits per heavy atom. The molecule has 0 radical (unpaired) electrons. The first-order valence-corrected chi connectivity index (χ1v) is 9.00. The molecule has 22 heavy (non-hydrogen) atoms. The highest BCUT2D eigenvalue weighted by Gasteiger charge is 2.22. The SMILES string of the molecule is C=C(C)C(=O)OCC(Br)CC(Br)C(=O)Oc1ccccc1Br. The summed E-state index contributed by atoms with van der Waals surface area (Å²) >= 11 is 9.97. The van der Waals surface area contributed by atoms with Crippen LogP contribution in [0.3, 0.4) is 0 Å². The van der Waals surface area contributed by atoms with E-state index < -0.39 is 16.8 Å². The summed E-state index contributed by atoms with van der Waals surface area (Å²) in [5.74, 6) is -0.411. The number of benzene rings is 1. The fourth-order valence-electron chi connectivity index (χ4n) is 1.38. The monoisotopic (exact) mass is 496 g/mol. The summed E-state index contributed by atoms with van der Waals surface area (Å²) in [7, 11) is 0. The Bertz CT molecular complexity index is 559. The molecule has 0 spiro atoms. The van der Waals surface area contributed by atoms with Gasteiger partial charge < -0.3 is 9.47 Å². The molecule has 2 unspecified atom stereocenters. The molecule has 0 amide bonds. The molecule has 1 rings (SSSR count). The van der Waals surface area contributed by atoms with E-state index in [2.05, 4.69) is 54.4 Å². The third-order valence-electron chi connectivity index (χ3n) is 2.51. The highest BCUT2D eigenvalue weighted by atomic mass is 79.9. The lowest BCUT2D eigenvalue weighted by atomic mass is 10.2. The summed E-state index contributed by atoms with van der Waals surface area (Å²) in [4.78, 5) is 22.6. The van der Waals surface area contributed by atoms with Gasteiger partial charge in [0.2, 0.25) is 0 Å². The molecule has 0 fully saturated rings. The number of hydrogen-bond donors (Lipinski definition) is 0. The standard InChI is InChI=1S/C15H15Br3O4/c1-9(2)14(19)21-8-10(16)7-12(18)15(20)22-13-6-4-3-5-11(13)17/h3-6,10,12H,1,7-8H2,2H3. The van der Waals surface area contributed by atoms with Crippen molar-refractivity contribution in [1.82, 2.24) is 0 Å². The molecule has 120 valence electrons. The minimum absolute atomic E-state index is 0.149. The number of esters is 2. The fraction of sp³-hybridized carbons (Fsp3) is 0.333. The van der Waals surface area contributed by atoms with Crippen LogP contribution in [0.1, 0.15) is 13.3 Å². The molecule has 0 aliphatic carbocycles. The average Bonchev–Trinajstić information content (AvgIpc) is 2.46. The lowest BCUT2D eigenvalue weighted by molar-refractivity contribution is -0.138. The largest absolute Gasteiger partial charge is 0.461 e. The number of halogens is 3. The van der Waals surface area contributed by atoms with E-state index in [1.54, 1.807) is 25.1 Å². The zero-order valence-electron chi connectivity index (χ0n) is 11.9. The van der Waals surface area contributed by atoms with Crippen molar-refractivity contribution >= 4 is 59.7 Å². The smallest absolute Gasteiger partial charge is 0.333 e. The maximum absolute atomic E-state index is 12.0. The summed E-state index contributed by atoms with van der Waals surface area (Å²) < 4.78 is 11.0. The Morgan fingerprint density at radius 3 is 2.50 bits per heavy atom. The predicted octanol–water partition coefficient (Wildman–Crippen LogP) is 4.39. The normalized spacial score (nSPS) is 13.1. The summed E-state index contributed by atoms with van der Waals surface area (Å²) in [6.45, 7) is 5.23. The van der Waals surface area contributed by atoms with Crippen LogP contribution in [0.4, 0.5) is 0 Å². The first-order valence-electron chi connectivity index (χ1n) is 6.38. The molecular formula is C15H15Br3O4. The first kappa shape index (κ1) is 19.4. The van der Waals surface area contributed by atoms with Crippen molar-refractivity contribution < 1.29 is 19.1 Å². The molecule has 0 N–H and O–H groups in total. The third kappa shape index (κ3) is 6.62. The van der Waals surface area contributed by atoms with Crippen LogP contribution in [0.15, 0.2) is 40.9 Å². The Hall–Kier alpha value is -0.660. The van der Waals surface area contributed by atoms with Crippen LogP contribution in [0, 0.1) is 0 Å². The lowest BCUT2D eigenvalue weighted by Gasteiger charge is -2.15. The van der Waals surface area contributed by atoms with E-state index in [0.717, 1.165) is 0 Å². The predicted molar refractivity (Wildman–Crippen MR) is 95.6 cm³/mol. The van der Waals surface area contributed by atoms with Crippen LogP contribution in [-0.2, 0) is 14.3 Å². The molecule has 0 heterocycles. The van der Waals surface area contributed by atoms with Gasteiger partial charge in [-0.2, -0.15) is 0 Å². The van der Waals surface area contributed by atoms with Gasteiger partial charge in [0.1, 0.15) is 17.2 Å². The van der Waals surface area contributed by atoms with E-state index in [-0.39, 0.29) is 11.4 Å². The highest BCUT2D eigenvalue weighted by molar-refractivity contribution is 9.10. The number of alkyl halides is 2. The maximum Gasteiger partial charge on any atom is 0.333 e. The van der Waals surface area contributed by atoms with Crippen molar-refractivity contribution in [2.45, 2.75) is 23.0 Å². The van der Waals surface area contributed by atoms with Crippen LogP contribution in [0.2, 0.25) is 0 Å². The van der Waals surface area contributed by atoms with E-state index in [1.807, 2.05) is 6.07 Å². The Morgan fingerprint density at radius 1 is 1.27 bits per heavy atom. The minimum Gasteiger partial charge on any atom is -0.461 e. The minimum atomic E-state index is -0.521. The third-order valence-corrected chi connectivity index (χ3v) is 4.55. The lowest BCUT2D eigenvalue weighted by Crippen LogP contribution is -2.26. The van der Waals surface area contributed by atoms with Crippen LogP contribution >= 0.6 is 47.8 Å². The number of para-hydroxylation sites is 1. The summed E-state index contributed by atoms with van der Waals surface area (Å²) in [5.41, 5.74) is 0.337. The van der Waals surface area contributed by atoms with Crippen molar-refractivity contribution in [3.8, 4) is 5.75 Å². The molecule has 1 aromatic rings. The average molecular weight is 499 g/mol. The molecule has 2 atom stereocenters. The first-order chi connectivity index (χ1) is 10.3. The van der Waals surface area contributed by atoms with Gasteiger partial charge in [-0.25, -0.2) is 4.79 Å². The number of hydrogen-bond acceptors (Lipinski definition) is 4. The molecule has 0 aliphatic rings. The highest BCUT2D eigenvalue weighted by Crippen LogP contribution is 2.25. The van der Waals surface area contributed by atoms with Crippen molar-refractivity contribution in [2.75, 3.05) is 6.61 Å². The van der Waals surface area contributed by atoms with E-state index in [1.165, 1.54) is 0 Å². The molecule has 0 saturated carbocycles. The zero-order chi connectivity index (χ0) is 16.7. The number of carbonyl (C=O) groups is 2. The van der Waals surface area contributed by atoms with Gasteiger partial charge in [0, 0.05) is 5.57 Å². The van der Waals surface area contributed by atoms with Gasteiger partial charge >= 0.3 is 11.9 Å². The van der Waals surface area contributed by atoms with Gasteiger partial charge in [-0.3, -0.25) is 4.79 Å². The van der Waals surface area contributed by atoms with E-state index in [9.17, 15) is 9.59 Å². The van der Waals surface area contributed by atoms with Crippen molar-refractivity contribution in [3.05, 3.63) is 40.9 Å². The maximum atomic E-state index is 12.0. The number of rotatable bonds is 7. The molecule has 0 bridgehead atoms. The van der Waals surface area contributed by atoms with Gasteiger partial charge in [0.25, 0.3) is 0 Å². The number of carbonyl (C=O) groups excluding carboxylic acids is 2. The topological polar surface area (TPSA) is 52.6 Å². The van der Waals surface area contributed by atoms with Crippen molar-refractivity contribution in [2.24, 2.45) is 0 Å². The van der Waals surface area contributed by atoms with Gasteiger partial charge in [0.05, 0.1) is 9.30 Å². The van der Waals surface area contributed by atoms with E-state index in [4.69, 9.17) is 9.47 Å². The summed E-state index contributed by atoms with van der Waals surface area (Å²) in [6.07, 6.45) is 0.409. The molecule has 7 heteroatoms. The van der Waals surface area contributed by atoms with E-state index in [0.29, 0.717) is 22.2 Å². The molecule has 1 aromatic carbocycles. The van der Waals surface area contributed by atoms with Gasteiger partial charge in [-0.1, -0.05) is 50.6 Å². The molecule has 0 aliphatic heterocycles. The zero-order valence-corrected chi connectivity index (χ0v) is 16.6. The Labute approximate surface area is 154 Å². The second-order valence-corrected chi connectivity index (χ2v) is 7.79. The number of ether oxygens (including phenoxy) is 2. The van der Waals surface area contributed by atoms with Crippen molar-refractivity contribution in [3.63, 3.8) is 0 Å². The molecule has 0 aromatic heterocycles. The van der Waals surface area contributed by atoms with Gasteiger partial charge in [-0.15, -0.1) is 0 Å². The fourth-order valence-corrected chi connectivity index (χ4v) is 3.30. The van der Waals surface area contributed by atoms with Crippen LogP contribution in [-0.4, -0.2) is 28.2 Å². The molecule has 4 nitrogen and oxygen atoms in total. The van der Waals surface area contributed by atoms with E-state index >= 15 is 0 Å². The van der Waals surface area contributed by atoms with Crippen molar-refractivity contribution in [1.29, 1.82) is 0 Å². The van der Waals surface area contributed by atoms with Crippen LogP contribution < -0.4 is 4.74 Å². The Balaban J connectivity index is 2.45. The van der Waals surface area contributed by atoms with Gasteiger partial charge in [-0.05, 0) is 41.4 Å². The quantitative estimate of drug-likeness (QED) is 0.242. The van der Waals surface area contributed by atoms with Crippen LogP contribution in [0.25, 0.3) is 0 Å². The second-order valence-electron chi connectivity index (χ2n) is 4.53.